The number of nitrogens with one attached hydrogen (secondary N) is 1. The molecule has 7 heteroatoms. The van der Waals surface area contributed by atoms with Crippen molar-refractivity contribution in [2.75, 3.05) is 18.9 Å². The third-order valence-electron chi connectivity index (χ3n) is 3.81. The summed E-state index contributed by atoms with van der Waals surface area (Å²) in [5.74, 6) is -0.663. The summed E-state index contributed by atoms with van der Waals surface area (Å²) < 4.78 is 1.70. The summed E-state index contributed by atoms with van der Waals surface area (Å²) in [4.78, 5) is 24.5. The number of carbonyl (C=O) groups is 2. The standard InChI is InChI=1S/C17H22N4O3/c1-12-5-4-6-14(9-12)10-21-15(7-8-18-21)19-16(22)11-20(3)13(2)17(23)24/h4-9,13H,10-11H2,1-3H3,(H,19,22)(H,23,24). The number of likely N-dealkylation sites (N-methyl/N-ethyl adjacent to an activating group) is 1. The molecule has 1 amide bonds. The van der Waals surface area contributed by atoms with Gasteiger partial charge in [0.05, 0.1) is 19.3 Å². The van der Waals surface area contributed by atoms with Gasteiger partial charge in [-0.05, 0) is 26.5 Å². The lowest BCUT2D eigenvalue weighted by Crippen LogP contribution is -2.40. The van der Waals surface area contributed by atoms with E-state index in [1.165, 1.54) is 11.8 Å². The summed E-state index contributed by atoms with van der Waals surface area (Å²) >= 11 is 0. The minimum absolute atomic E-state index is 0.0108. The van der Waals surface area contributed by atoms with E-state index in [1.807, 2.05) is 25.1 Å². The second-order valence-corrected chi connectivity index (χ2v) is 5.84. The average Bonchev–Trinajstić information content (AvgIpc) is 2.93. The molecule has 0 fully saturated rings. The van der Waals surface area contributed by atoms with Crippen LogP contribution in [0, 0.1) is 6.92 Å². The van der Waals surface area contributed by atoms with Gasteiger partial charge in [0.15, 0.2) is 0 Å². The molecule has 0 saturated heterocycles. The monoisotopic (exact) mass is 330 g/mol. The Kier molecular flexibility index (Phi) is 5.70. The van der Waals surface area contributed by atoms with Gasteiger partial charge in [0.2, 0.25) is 5.91 Å². The predicted molar refractivity (Wildman–Crippen MR) is 90.9 cm³/mol. The fraction of sp³-hybridized carbons (Fsp3) is 0.353. The Morgan fingerprint density at radius 3 is 2.79 bits per heavy atom. The third-order valence-corrected chi connectivity index (χ3v) is 3.81. The number of carboxylic acid groups (broad SMARTS) is 1. The molecule has 2 rings (SSSR count). The van der Waals surface area contributed by atoms with Crippen molar-refractivity contribution >= 4 is 17.7 Å². The van der Waals surface area contributed by atoms with Gasteiger partial charge in [0.25, 0.3) is 0 Å². The SMILES string of the molecule is Cc1cccc(Cn2nccc2NC(=O)CN(C)C(C)C(=O)O)c1. The number of benzene rings is 1. The minimum Gasteiger partial charge on any atom is -0.480 e. The smallest absolute Gasteiger partial charge is 0.320 e. The molecular formula is C17H22N4O3. The molecule has 0 radical (unpaired) electrons. The van der Waals surface area contributed by atoms with Crippen LogP contribution in [0.25, 0.3) is 0 Å². The van der Waals surface area contributed by atoms with Crippen molar-refractivity contribution in [1.82, 2.24) is 14.7 Å². The maximum atomic E-state index is 12.1. The molecule has 2 aromatic rings. The van der Waals surface area contributed by atoms with Crippen LogP contribution in [-0.2, 0) is 16.1 Å². The molecular weight excluding hydrogens is 308 g/mol. The van der Waals surface area contributed by atoms with E-state index in [2.05, 4.69) is 16.5 Å². The zero-order chi connectivity index (χ0) is 17.7. The summed E-state index contributed by atoms with van der Waals surface area (Å²) in [6, 6.07) is 9.06. The summed E-state index contributed by atoms with van der Waals surface area (Å²) in [6.45, 7) is 4.10. The van der Waals surface area contributed by atoms with E-state index in [0.29, 0.717) is 12.4 Å². The van der Waals surface area contributed by atoms with E-state index in [1.54, 1.807) is 24.0 Å². The molecule has 0 spiro atoms. The maximum absolute atomic E-state index is 12.1. The van der Waals surface area contributed by atoms with Crippen molar-refractivity contribution in [2.24, 2.45) is 0 Å². The summed E-state index contributed by atoms with van der Waals surface area (Å²) in [5, 5.41) is 16.0. The number of hydrogen-bond acceptors (Lipinski definition) is 4. The van der Waals surface area contributed by atoms with Crippen molar-refractivity contribution in [2.45, 2.75) is 26.4 Å². The lowest BCUT2D eigenvalue weighted by atomic mass is 10.1. The second-order valence-electron chi connectivity index (χ2n) is 5.84. The first-order valence-electron chi connectivity index (χ1n) is 7.67. The number of aliphatic carboxylic acids is 1. The second kappa shape index (κ2) is 7.74. The van der Waals surface area contributed by atoms with Gasteiger partial charge in [0, 0.05) is 6.07 Å². The summed E-state index contributed by atoms with van der Waals surface area (Å²) in [6.07, 6.45) is 1.62. The van der Waals surface area contributed by atoms with Crippen LogP contribution in [0.15, 0.2) is 36.5 Å². The first kappa shape index (κ1) is 17.7. The Bertz CT molecular complexity index is 726. The number of aryl methyl sites for hydroxylation is 1. The van der Waals surface area contributed by atoms with Gasteiger partial charge in [0.1, 0.15) is 11.9 Å². The van der Waals surface area contributed by atoms with Crippen LogP contribution >= 0.6 is 0 Å². The fourth-order valence-corrected chi connectivity index (χ4v) is 2.28. The number of aromatic nitrogens is 2. The fourth-order valence-electron chi connectivity index (χ4n) is 2.28. The number of anilines is 1. The molecule has 0 aliphatic rings. The van der Waals surface area contributed by atoms with Crippen molar-refractivity contribution in [3.63, 3.8) is 0 Å². The van der Waals surface area contributed by atoms with Crippen molar-refractivity contribution in [3.05, 3.63) is 47.7 Å². The topological polar surface area (TPSA) is 87.5 Å². The summed E-state index contributed by atoms with van der Waals surface area (Å²) in [7, 11) is 1.60. The summed E-state index contributed by atoms with van der Waals surface area (Å²) in [5.41, 5.74) is 2.25. The molecule has 0 saturated carbocycles. The van der Waals surface area contributed by atoms with Crippen LogP contribution in [0.3, 0.4) is 0 Å². The molecule has 24 heavy (non-hydrogen) atoms. The van der Waals surface area contributed by atoms with E-state index in [9.17, 15) is 9.59 Å². The first-order chi connectivity index (χ1) is 11.4. The van der Waals surface area contributed by atoms with E-state index in [4.69, 9.17) is 5.11 Å². The van der Waals surface area contributed by atoms with Crippen LogP contribution in [0.2, 0.25) is 0 Å². The van der Waals surface area contributed by atoms with E-state index < -0.39 is 12.0 Å². The Hall–Kier alpha value is -2.67. The van der Waals surface area contributed by atoms with Crippen LogP contribution < -0.4 is 5.32 Å². The number of carbonyl (C=O) groups excluding carboxylic acids is 1. The van der Waals surface area contributed by atoms with Gasteiger partial charge >= 0.3 is 5.97 Å². The molecule has 0 aliphatic heterocycles. The molecule has 7 nitrogen and oxygen atoms in total. The van der Waals surface area contributed by atoms with Gasteiger partial charge in [-0.1, -0.05) is 29.8 Å². The van der Waals surface area contributed by atoms with Crippen molar-refractivity contribution in [1.29, 1.82) is 0 Å². The quantitative estimate of drug-likeness (QED) is 0.805. The lowest BCUT2D eigenvalue weighted by Gasteiger charge is -2.20. The first-order valence-corrected chi connectivity index (χ1v) is 7.67. The molecule has 1 aromatic carbocycles. The van der Waals surface area contributed by atoms with E-state index >= 15 is 0 Å². The van der Waals surface area contributed by atoms with Crippen LogP contribution in [0.4, 0.5) is 5.82 Å². The highest BCUT2D eigenvalue weighted by Gasteiger charge is 2.19. The number of nitrogens with zero attached hydrogens (tertiary/aromatic N) is 3. The molecule has 0 aliphatic carbocycles. The van der Waals surface area contributed by atoms with Crippen LogP contribution in [0.1, 0.15) is 18.1 Å². The Labute approximate surface area is 140 Å². The van der Waals surface area contributed by atoms with Crippen molar-refractivity contribution < 1.29 is 14.7 Å². The Balaban J connectivity index is 2.00. The maximum Gasteiger partial charge on any atom is 0.320 e. The lowest BCUT2D eigenvalue weighted by molar-refractivity contribution is -0.142. The zero-order valence-electron chi connectivity index (χ0n) is 14.1. The molecule has 0 bridgehead atoms. The highest BCUT2D eigenvalue weighted by molar-refractivity contribution is 5.91. The van der Waals surface area contributed by atoms with Gasteiger partial charge in [-0.25, -0.2) is 4.68 Å². The predicted octanol–water partition coefficient (Wildman–Crippen LogP) is 1.58. The largest absolute Gasteiger partial charge is 0.480 e. The number of carboxylic acids is 1. The molecule has 1 unspecified atom stereocenters. The number of rotatable bonds is 7. The molecule has 1 aromatic heterocycles. The third kappa shape index (κ3) is 4.66. The zero-order valence-corrected chi connectivity index (χ0v) is 14.1. The van der Waals surface area contributed by atoms with Crippen LogP contribution in [-0.4, -0.2) is 51.3 Å². The minimum atomic E-state index is -0.963. The van der Waals surface area contributed by atoms with E-state index in [0.717, 1.165) is 11.1 Å². The Morgan fingerprint density at radius 1 is 1.38 bits per heavy atom. The number of hydrogen-bond donors (Lipinski definition) is 2. The van der Waals surface area contributed by atoms with Gasteiger partial charge < -0.3 is 10.4 Å². The van der Waals surface area contributed by atoms with Gasteiger partial charge in [-0.3, -0.25) is 14.5 Å². The van der Waals surface area contributed by atoms with Crippen LogP contribution in [0.5, 0.6) is 0 Å². The molecule has 128 valence electrons. The average molecular weight is 330 g/mol. The van der Waals surface area contributed by atoms with E-state index in [-0.39, 0.29) is 12.5 Å². The molecule has 2 N–H and O–H groups in total. The Morgan fingerprint density at radius 2 is 2.12 bits per heavy atom. The molecule has 1 heterocycles. The number of amides is 1. The van der Waals surface area contributed by atoms with Gasteiger partial charge in [-0.2, -0.15) is 5.10 Å². The normalized spacial score (nSPS) is 12.2. The van der Waals surface area contributed by atoms with Crippen molar-refractivity contribution in [3.8, 4) is 0 Å². The van der Waals surface area contributed by atoms with Gasteiger partial charge in [-0.15, -0.1) is 0 Å². The molecule has 1 atom stereocenters. The highest BCUT2D eigenvalue weighted by atomic mass is 16.4. The highest BCUT2D eigenvalue weighted by Crippen LogP contribution is 2.11.